The van der Waals surface area contributed by atoms with E-state index >= 15 is 0 Å². The number of nitrogens with one attached hydrogen (secondary N) is 1. The van der Waals surface area contributed by atoms with Crippen molar-refractivity contribution in [2.75, 3.05) is 16.8 Å². The molecule has 1 aliphatic carbocycles. The summed E-state index contributed by atoms with van der Waals surface area (Å²) in [6.45, 7) is 2.55. The van der Waals surface area contributed by atoms with Crippen LogP contribution in [0.3, 0.4) is 0 Å². The smallest absolute Gasteiger partial charge is 0.229 e. The van der Waals surface area contributed by atoms with Crippen LogP contribution in [0.15, 0.2) is 42.5 Å². The van der Waals surface area contributed by atoms with Gasteiger partial charge in [-0.15, -0.1) is 0 Å². The molecule has 1 atom stereocenters. The molecule has 0 unspecified atom stereocenters. The van der Waals surface area contributed by atoms with E-state index in [0.29, 0.717) is 6.54 Å². The molecule has 0 bridgehead atoms. The van der Waals surface area contributed by atoms with Crippen LogP contribution in [0.5, 0.6) is 0 Å². The van der Waals surface area contributed by atoms with Gasteiger partial charge in [-0.3, -0.25) is 9.59 Å². The number of amides is 2. The van der Waals surface area contributed by atoms with E-state index in [9.17, 15) is 9.59 Å². The molecule has 1 saturated heterocycles. The molecule has 0 radical (unpaired) electrons. The number of carbonyl (C=O) groups excluding carboxylic acids is 2. The Morgan fingerprint density at radius 1 is 1.12 bits per heavy atom. The van der Waals surface area contributed by atoms with Crippen molar-refractivity contribution in [2.24, 2.45) is 5.92 Å². The molecule has 1 heterocycles. The molecular formula is C22H24N2O2. The zero-order valence-electron chi connectivity index (χ0n) is 15.1. The molecule has 2 aromatic carbocycles. The molecule has 0 aromatic heterocycles. The maximum atomic E-state index is 12.6. The molecule has 2 amide bonds. The Hall–Kier alpha value is -2.62. The monoisotopic (exact) mass is 348 g/mol. The maximum absolute atomic E-state index is 12.6. The highest BCUT2D eigenvalue weighted by molar-refractivity contribution is 6.03. The van der Waals surface area contributed by atoms with Gasteiger partial charge in [0.25, 0.3) is 0 Å². The van der Waals surface area contributed by atoms with Crippen molar-refractivity contribution in [3.8, 4) is 0 Å². The lowest BCUT2D eigenvalue weighted by Gasteiger charge is -2.17. The summed E-state index contributed by atoms with van der Waals surface area (Å²) < 4.78 is 0. The number of benzene rings is 2. The molecule has 26 heavy (non-hydrogen) atoms. The average molecular weight is 348 g/mol. The van der Waals surface area contributed by atoms with E-state index < -0.39 is 0 Å². The highest BCUT2D eigenvalue weighted by Gasteiger charge is 2.35. The first kappa shape index (κ1) is 16.8. The van der Waals surface area contributed by atoms with E-state index in [-0.39, 0.29) is 24.2 Å². The topological polar surface area (TPSA) is 49.4 Å². The minimum Gasteiger partial charge on any atom is -0.326 e. The summed E-state index contributed by atoms with van der Waals surface area (Å²) in [5.41, 5.74) is 5.68. The molecule has 4 heteroatoms. The van der Waals surface area contributed by atoms with Gasteiger partial charge >= 0.3 is 0 Å². The fourth-order valence-corrected chi connectivity index (χ4v) is 3.94. The van der Waals surface area contributed by atoms with E-state index in [1.54, 1.807) is 4.90 Å². The number of carbonyl (C=O) groups is 2. The van der Waals surface area contributed by atoms with Gasteiger partial charge in [-0.1, -0.05) is 25.1 Å². The van der Waals surface area contributed by atoms with Crippen molar-refractivity contribution in [3.63, 3.8) is 0 Å². The molecule has 0 spiro atoms. The van der Waals surface area contributed by atoms with Crippen LogP contribution >= 0.6 is 0 Å². The largest absolute Gasteiger partial charge is 0.326 e. The summed E-state index contributed by atoms with van der Waals surface area (Å²) in [4.78, 5) is 26.8. The lowest BCUT2D eigenvalue weighted by atomic mass is 10.1. The zero-order chi connectivity index (χ0) is 18.1. The van der Waals surface area contributed by atoms with Crippen LogP contribution in [0.25, 0.3) is 0 Å². The van der Waals surface area contributed by atoms with E-state index in [2.05, 4.69) is 24.4 Å². The molecule has 1 fully saturated rings. The molecule has 2 aliphatic rings. The molecular weight excluding hydrogens is 324 g/mol. The number of nitrogens with zero attached hydrogens (tertiary/aromatic N) is 1. The van der Waals surface area contributed by atoms with Crippen LogP contribution in [-0.2, 0) is 28.9 Å². The van der Waals surface area contributed by atoms with Gasteiger partial charge in [-0.25, -0.2) is 0 Å². The SMILES string of the molecule is CCc1ccc(N2C[C@H](C(=O)Nc3ccc4c(c3)CCC4)CC2=O)cc1. The van der Waals surface area contributed by atoms with Crippen LogP contribution in [0.2, 0.25) is 0 Å². The van der Waals surface area contributed by atoms with E-state index in [1.807, 2.05) is 30.3 Å². The molecule has 0 saturated carbocycles. The second-order valence-electron chi connectivity index (χ2n) is 7.25. The van der Waals surface area contributed by atoms with Crippen molar-refractivity contribution < 1.29 is 9.59 Å². The van der Waals surface area contributed by atoms with Crippen LogP contribution < -0.4 is 10.2 Å². The predicted molar refractivity (Wildman–Crippen MR) is 103 cm³/mol. The summed E-state index contributed by atoms with van der Waals surface area (Å²) in [6.07, 6.45) is 4.65. The third-order valence-corrected chi connectivity index (χ3v) is 5.52. The van der Waals surface area contributed by atoms with Crippen molar-refractivity contribution in [1.29, 1.82) is 0 Å². The van der Waals surface area contributed by atoms with Gasteiger partial charge in [0.2, 0.25) is 11.8 Å². The van der Waals surface area contributed by atoms with Crippen molar-refractivity contribution in [2.45, 2.75) is 39.0 Å². The maximum Gasteiger partial charge on any atom is 0.229 e. The molecule has 4 rings (SSSR count). The van der Waals surface area contributed by atoms with Gasteiger partial charge in [0.1, 0.15) is 0 Å². The minimum absolute atomic E-state index is 0.0170. The number of fused-ring (bicyclic) bond motifs is 1. The van der Waals surface area contributed by atoms with Gasteiger partial charge < -0.3 is 10.2 Å². The summed E-state index contributed by atoms with van der Waals surface area (Å²) in [5.74, 6) is -0.353. The Morgan fingerprint density at radius 3 is 2.65 bits per heavy atom. The third kappa shape index (κ3) is 3.24. The van der Waals surface area contributed by atoms with E-state index in [1.165, 1.54) is 23.1 Å². The molecule has 2 aromatic rings. The van der Waals surface area contributed by atoms with Crippen LogP contribution in [0.4, 0.5) is 11.4 Å². The Bertz CT molecular complexity index is 842. The summed E-state index contributed by atoms with van der Waals surface area (Å²) in [7, 11) is 0. The van der Waals surface area contributed by atoms with Gasteiger partial charge in [-0.05, 0) is 66.6 Å². The first-order valence-electron chi connectivity index (χ1n) is 9.46. The standard InChI is InChI=1S/C22H24N2O2/c1-2-15-6-10-20(11-7-15)24-14-18(13-21(24)25)22(26)23-19-9-8-16-4-3-5-17(16)12-19/h6-12,18H,2-5,13-14H2,1H3,(H,23,26)/t18-/m1/s1. The van der Waals surface area contributed by atoms with Crippen LogP contribution in [-0.4, -0.2) is 18.4 Å². The Morgan fingerprint density at radius 2 is 1.88 bits per heavy atom. The molecule has 4 nitrogen and oxygen atoms in total. The first-order chi connectivity index (χ1) is 12.6. The second-order valence-corrected chi connectivity index (χ2v) is 7.25. The van der Waals surface area contributed by atoms with Gasteiger partial charge in [-0.2, -0.15) is 0 Å². The Balaban J connectivity index is 1.43. The summed E-state index contributed by atoms with van der Waals surface area (Å²) in [5, 5.41) is 3.01. The van der Waals surface area contributed by atoms with Crippen LogP contribution in [0.1, 0.15) is 36.5 Å². The number of hydrogen-bond acceptors (Lipinski definition) is 2. The lowest BCUT2D eigenvalue weighted by molar-refractivity contribution is -0.122. The van der Waals surface area contributed by atoms with Crippen molar-refractivity contribution in [1.82, 2.24) is 0 Å². The Labute approximate surface area is 154 Å². The highest BCUT2D eigenvalue weighted by atomic mass is 16.2. The van der Waals surface area contributed by atoms with E-state index in [0.717, 1.165) is 30.6 Å². The molecule has 1 N–H and O–H groups in total. The van der Waals surface area contributed by atoms with Crippen molar-refractivity contribution >= 4 is 23.2 Å². The van der Waals surface area contributed by atoms with Crippen molar-refractivity contribution in [3.05, 3.63) is 59.2 Å². The van der Waals surface area contributed by atoms with Gasteiger partial charge in [0.05, 0.1) is 5.92 Å². The Kier molecular flexibility index (Phi) is 4.49. The van der Waals surface area contributed by atoms with Gasteiger partial charge in [0, 0.05) is 24.3 Å². The minimum atomic E-state index is -0.304. The summed E-state index contributed by atoms with van der Waals surface area (Å²) in [6, 6.07) is 14.2. The number of hydrogen-bond donors (Lipinski definition) is 1. The normalized spacial score (nSPS) is 18.9. The second kappa shape index (κ2) is 6.94. The fraction of sp³-hybridized carbons (Fsp3) is 0.364. The lowest BCUT2D eigenvalue weighted by Crippen LogP contribution is -2.28. The zero-order valence-corrected chi connectivity index (χ0v) is 15.1. The number of rotatable bonds is 4. The van der Waals surface area contributed by atoms with E-state index in [4.69, 9.17) is 0 Å². The predicted octanol–water partition coefficient (Wildman–Crippen LogP) is 3.73. The fourth-order valence-electron chi connectivity index (χ4n) is 3.94. The number of aryl methyl sites for hydroxylation is 3. The quantitative estimate of drug-likeness (QED) is 0.915. The highest BCUT2D eigenvalue weighted by Crippen LogP contribution is 2.28. The van der Waals surface area contributed by atoms with Crippen LogP contribution in [0, 0.1) is 5.92 Å². The number of anilines is 2. The molecule has 134 valence electrons. The first-order valence-corrected chi connectivity index (χ1v) is 9.46. The van der Waals surface area contributed by atoms with Gasteiger partial charge in [0.15, 0.2) is 0 Å². The molecule has 1 aliphatic heterocycles. The average Bonchev–Trinajstić information content (AvgIpc) is 3.28. The summed E-state index contributed by atoms with van der Waals surface area (Å²) >= 11 is 0. The third-order valence-electron chi connectivity index (χ3n) is 5.52.